The lowest BCUT2D eigenvalue weighted by Gasteiger charge is -2.34. The Kier molecular flexibility index (Phi) is 4.09. The first-order valence-electron chi connectivity index (χ1n) is 5.74. The van der Waals surface area contributed by atoms with Gasteiger partial charge in [0.15, 0.2) is 0 Å². The number of nitrogens with zero attached hydrogens (tertiary/aromatic N) is 1. The molecule has 0 saturated heterocycles. The third kappa shape index (κ3) is 2.76. The van der Waals surface area contributed by atoms with Crippen LogP contribution in [0.4, 0.5) is 5.69 Å². The molecule has 0 aliphatic carbocycles. The molecule has 1 aliphatic rings. The Morgan fingerprint density at radius 3 is 3.00 bits per heavy atom. The van der Waals surface area contributed by atoms with Crippen LogP contribution in [-0.2, 0) is 4.74 Å². The molecule has 2 heterocycles. The minimum Gasteiger partial charge on any atom is -0.377 e. The molecule has 1 atom stereocenters. The molecule has 1 aromatic rings. The van der Waals surface area contributed by atoms with E-state index in [1.807, 2.05) is 18.7 Å². The zero-order valence-electron chi connectivity index (χ0n) is 10.2. The number of H-pyrrole nitrogens is 1. The molecule has 1 unspecified atom stereocenters. The summed E-state index contributed by atoms with van der Waals surface area (Å²) in [6.45, 7) is 5.16. The number of halogens is 1. The Morgan fingerprint density at radius 1 is 1.61 bits per heavy atom. The van der Waals surface area contributed by atoms with Gasteiger partial charge in [0.25, 0.3) is 5.91 Å². The van der Waals surface area contributed by atoms with Gasteiger partial charge >= 0.3 is 0 Å². The first-order valence-corrected chi connectivity index (χ1v) is 6.64. The molecule has 0 radical (unpaired) electrons. The van der Waals surface area contributed by atoms with Crippen molar-refractivity contribution < 1.29 is 9.53 Å². The Hall–Kier alpha value is -0.850. The van der Waals surface area contributed by atoms with Gasteiger partial charge in [-0.1, -0.05) is 11.6 Å². The van der Waals surface area contributed by atoms with Gasteiger partial charge in [0, 0.05) is 6.54 Å². The lowest BCUT2D eigenvalue weighted by atomic mass is 10.2. The van der Waals surface area contributed by atoms with E-state index < -0.39 is 0 Å². The van der Waals surface area contributed by atoms with Crippen LogP contribution in [0.2, 0.25) is 5.15 Å². The Bertz CT molecular complexity index is 449. The summed E-state index contributed by atoms with van der Waals surface area (Å²) in [5.41, 5.74) is 0.860. The number of carbonyl (C=O) groups is 1. The maximum atomic E-state index is 11.7. The van der Waals surface area contributed by atoms with Crippen LogP contribution in [0.5, 0.6) is 0 Å². The average Bonchev–Trinajstić information content (AvgIpc) is 2.65. The molecule has 7 heteroatoms. The fraction of sp³-hybridized carbons (Fsp3) is 0.545. The standard InChI is InChI=1S/C11H16ClN3O2S/c1-6(2)17-4-3-15-7-5-8(12)13-9(7)10(16)14-11(15)18/h5-6,11,13,18H,3-4H2,1-2H3,(H,14,16). The average molecular weight is 290 g/mol. The van der Waals surface area contributed by atoms with Crippen molar-refractivity contribution in [2.45, 2.75) is 25.4 Å². The third-order valence-corrected chi connectivity index (χ3v) is 3.25. The van der Waals surface area contributed by atoms with E-state index in [-0.39, 0.29) is 17.5 Å². The Morgan fingerprint density at radius 2 is 2.33 bits per heavy atom. The van der Waals surface area contributed by atoms with Crippen LogP contribution in [0, 0.1) is 0 Å². The quantitative estimate of drug-likeness (QED) is 0.742. The van der Waals surface area contributed by atoms with Crippen molar-refractivity contribution in [2.24, 2.45) is 0 Å². The summed E-state index contributed by atoms with van der Waals surface area (Å²) in [5, 5.41) is 3.18. The van der Waals surface area contributed by atoms with E-state index in [2.05, 4.69) is 22.9 Å². The second-order valence-electron chi connectivity index (χ2n) is 4.34. The number of hydrogen-bond acceptors (Lipinski definition) is 4. The summed E-state index contributed by atoms with van der Waals surface area (Å²) >= 11 is 10.3. The maximum absolute atomic E-state index is 11.7. The lowest BCUT2D eigenvalue weighted by Crippen LogP contribution is -2.50. The summed E-state index contributed by atoms with van der Waals surface area (Å²) in [6, 6.07) is 1.73. The number of thiol groups is 1. The molecule has 1 amide bonds. The summed E-state index contributed by atoms with van der Waals surface area (Å²) in [7, 11) is 0. The van der Waals surface area contributed by atoms with Gasteiger partial charge < -0.3 is 19.9 Å². The highest BCUT2D eigenvalue weighted by Gasteiger charge is 2.30. The van der Waals surface area contributed by atoms with Gasteiger partial charge in [0.2, 0.25) is 0 Å². The number of fused-ring (bicyclic) bond motifs is 1. The van der Waals surface area contributed by atoms with Crippen molar-refractivity contribution in [3.05, 3.63) is 16.9 Å². The molecular formula is C11H16ClN3O2S. The highest BCUT2D eigenvalue weighted by Crippen LogP contribution is 2.29. The number of anilines is 1. The normalized spacial score (nSPS) is 19.1. The van der Waals surface area contributed by atoms with Crippen molar-refractivity contribution in [1.82, 2.24) is 10.3 Å². The van der Waals surface area contributed by atoms with Crippen molar-refractivity contribution in [1.29, 1.82) is 0 Å². The molecule has 2 rings (SSSR count). The van der Waals surface area contributed by atoms with Crippen molar-refractivity contribution in [2.75, 3.05) is 18.1 Å². The number of aromatic nitrogens is 1. The summed E-state index contributed by atoms with van der Waals surface area (Å²) in [5.74, 6) is -0.196. The van der Waals surface area contributed by atoms with E-state index in [1.54, 1.807) is 6.07 Å². The Labute approximate surface area is 116 Å². The van der Waals surface area contributed by atoms with Crippen LogP contribution >= 0.6 is 24.2 Å². The van der Waals surface area contributed by atoms with Gasteiger partial charge in [-0.2, -0.15) is 0 Å². The van der Waals surface area contributed by atoms with Crippen molar-refractivity contribution in [3.8, 4) is 0 Å². The van der Waals surface area contributed by atoms with Gasteiger partial charge in [0.05, 0.1) is 18.4 Å². The smallest absolute Gasteiger partial charge is 0.272 e. The van der Waals surface area contributed by atoms with E-state index in [0.29, 0.717) is 24.0 Å². The predicted octanol–water partition coefficient (Wildman–Crippen LogP) is 1.86. The maximum Gasteiger partial charge on any atom is 0.272 e. The second kappa shape index (κ2) is 5.42. The molecule has 5 nitrogen and oxygen atoms in total. The zero-order valence-corrected chi connectivity index (χ0v) is 11.9. The van der Waals surface area contributed by atoms with E-state index in [1.165, 1.54) is 0 Å². The number of hydrogen-bond donors (Lipinski definition) is 3. The fourth-order valence-electron chi connectivity index (χ4n) is 1.84. The molecule has 0 bridgehead atoms. The Balaban J connectivity index is 2.14. The molecule has 1 aliphatic heterocycles. The molecule has 2 N–H and O–H groups in total. The fourth-order valence-corrected chi connectivity index (χ4v) is 2.39. The van der Waals surface area contributed by atoms with Gasteiger partial charge in [0.1, 0.15) is 16.3 Å². The second-order valence-corrected chi connectivity index (χ2v) is 5.23. The highest BCUT2D eigenvalue weighted by atomic mass is 35.5. The molecular weight excluding hydrogens is 274 g/mol. The molecule has 0 aromatic carbocycles. The number of nitrogens with one attached hydrogen (secondary N) is 2. The molecule has 18 heavy (non-hydrogen) atoms. The largest absolute Gasteiger partial charge is 0.377 e. The van der Waals surface area contributed by atoms with Crippen LogP contribution in [0.25, 0.3) is 0 Å². The minimum absolute atomic E-state index is 0.178. The molecule has 1 aromatic heterocycles. The summed E-state index contributed by atoms with van der Waals surface area (Å²) in [6.07, 6.45) is 0.178. The number of rotatable bonds is 4. The van der Waals surface area contributed by atoms with Gasteiger partial charge in [-0.15, -0.1) is 12.6 Å². The molecule has 0 spiro atoms. The van der Waals surface area contributed by atoms with Crippen molar-refractivity contribution >= 4 is 35.8 Å². The monoisotopic (exact) mass is 289 g/mol. The van der Waals surface area contributed by atoms with Crippen LogP contribution < -0.4 is 10.2 Å². The zero-order chi connectivity index (χ0) is 13.3. The van der Waals surface area contributed by atoms with E-state index in [0.717, 1.165) is 5.69 Å². The number of aromatic amines is 1. The van der Waals surface area contributed by atoms with Crippen LogP contribution in [-0.4, -0.2) is 35.6 Å². The van der Waals surface area contributed by atoms with Gasteiger partial charge in [-0.05, 0) is 19.9 Å². The van der Waals surface area contributed by atoms with Gasteiger partial charge in [-0.3, -0.25) is 4.79 Å². The number of ether oxygens (including phenoxy) is 1. The van der Waals surface area contributed by atoms with E-state index >= 15 is 0 Å². The summed E-state index contributed by atoms with van der Waals surface area (Å²) < 4.78 is 5.51. The van der Waals surface area contributed by atoms with E-state index in [4.69, 9.17) is 16.3 Å². The molecule has 100 valence electrons. The first-order chi connectivity index (χ1) is 8.49. The van der Waals surface area contributed by atoms with Gasteiger partial charge in [-0.25, -0.2) is 0 Å². The molecule has 0 fully saturated rings. The van der Waals surface area contributed by atoms with Crippen LogP contribution in [0.15, 0.2) is 6.07 Å². The SMILES string of the molecule is CC(C)OCCN1c2cc(Cl)[nH]c2C(=O)NC1S. The predicted molar refractivity (Wildman–Crippen MR) is 74.5 cm³/mol. The van der Waals surface area contributed by atoms with E-state index in [9.17, 15) is 4.79 Å². The highest BCUT2D eigenvalue weighted by molar-refractivity contribution is 7.81. The lowest BCUT2D eigenvalue weighted by molar-refractivity contribution is 0.0818. The topological polar surface area (TPSA) is 57.4 Å². The first kappa shape index (κ1) is 13.6. The minimum atomic E-state index is -0.368. The summed E-state index contributed by atoms with van der Waals surface area (Å²) in [4.78, 5) is 16.5. The number of carbonyl (C=O) groups excluding carboxylic acids is 1. The molecule has 0 saturated carbocycles. The number of amides is 1. The third-order valence-electron chi connectivity index (χ3n) is 2.64. The van der Waals surface area contributed by atoms with Crippen molar-refractivity contribution in [3.63, 3.8) is 0 Å². The van der Waals surface area contributed by atoms with Crippen LogP contribution in [0.3, 0.4) is 0 Å². The van der Waals surface area contributed by atoms with Crippen LogP contribution in [0.1, 0.15) is 24.3 Å².